The molecule has 0 unspecified atom stereocenters. The summed E-state index contributed by atoms with van der Waals surface area (Å²) >= 11 is 25.6. The van der Waals surface area contributed by atoms with Crippen LogP contribution in [0.4, 0.5) is 10.5 Å². The number of thioether (sulfide) groups is 1. The Balaban J connectivity index is 1.52. The van der Waals surface area contributed by atoms with Gasteiger partial charge in [0, 0.05) is 27.2 Å². The van der Waals surface area contributed by atoms with E-state index in [4.69, 9.17) is 51.1 Å². The molecule has 0 aromatic heterocycles. The van der Waals surface area contributed by atoms with Gasteiger partial charge in [0.25, 0.3) is 16.8 Å². The average molecular weight is 584 g/mol. The van der Waals surface area contributed by atoms with Crippen molar-refractivity contribution in [2.75, 3.05) is 0 Å². The number of nitrogens with zero attached hydrogens (tertiary/aromatic N) is 2. The van der Waals surface area contributed by atoms with Gasteiger partial charge in [-0.15, -0.1) is 0 Å². The maximum absolute atomic E-state index is 12.9. The van der Waals surface area contributed by atoms with Crippen molar-refractivity contribution >= 4 is 81.1 Å². The second kappa shape index (κ2) is 11.1. The van der Waals surface area contributed by atoms with E-state index in [0.29, 0.717) is 21.2 Å². The van der Waals surface area contributed by atoms with Crippen LogP contribution >= 0.6 is 58.2 Å². The molecule has 0 aliphatic carbocycles. The van der Waals surface area contributed by atoms with E-state index in [1.807, 2.05) is 0 Å². The number of carbonyl (C=O) groups is 2. The van der Waals surface area contributed by atoms with Crippen molar-refractivity contribution < 1.29 is 19.2 Å². The summed E-state index contributed by atoms with van der Waals surface area (Å²) in [7, 11) is 0. The summed E-state index contributed by atoms with van der Waals surface area (Å²) in [5, 5.41) is 12.0. The summed E-state index contributed by atoms with van der Waals surface area (Å²) in [5.74, 6) is -0.348. The van der Waals surface area contributed by atoms with E-state index in [9.17, 15) is 19.7 Å². The lowest BCUT2D eigenvalue weighted by Crippen LogP contribution is -2.27. The molecule has 1 saturated heterocycles. The molecule has 4 rings (SSSR count). The largest absolute Gasteiger partial charge is 0.486 e. The number of para-hydroxylation sites is 1. The van der Waals surface area contributed by atoms with E-state index < -0.39 is 16.1 Å². The van der Waals surface area contributed by atoms with Gasteiger partial charge in [0.2, 0.25) is 0 Å². The van der Waals surface area contributed by atoms with Gasteiger partial charge in [-0.1, -0.05) is 70.7 Å². The van der Waals surface area contributed by atoms with Crippen LogP contribution in [0.5, 0.6) is 5.75 Å². The van der Waals surface area contributed by atoms with E-state index in [1.54, 1.807) is 36.4 Å². The Morgan fingerprint density at radius 3 is 2.31 bits per heavy atom. The fraction of sp³-hybridized carbons (Fsp3) is 0.0833. The van der Waals surface area contributed by atoms with E-state index >= 15 is 0 Å². The number of ether oxygens (including phenoxy) is 1. The molecule has 1 aliphatic rings. The van der Waals surface area contributed by atoms with Crippen LogP contribution in [0.3, 0.4) is 0 Å². The predicted molar refractivity (Wildman–Crippen MR) is 142 cm³/mol. The fourth-order valence-corrected chi connectivity index (χ4v) is 5.28. The van der Waals surface area contributed by atoms with Gasteiger partial charge in [0.1, 0.15) is 6.61 Å². The van der Waals surface area contributed by atoms with Crippen LogP contribution in [0, 0.1) is 10.1 Å². The molecule has 7 nitrogen and oxygen atoms in total. The van der Waals surface area contributed by atoms with Gasteiger partial charge in [-0.2, -0.15) is 0 Å². The summed E-state index contributed by atoms with van der Waals surface area (Å²) in [5.41, 5.74) is 1.23. The van der Waals surface area contributed by atoms with Gasteiger partial charge in [0.15, 0.2) is 5.75 Å². The zero-order valence-electron chi connectivity index (χ0n) is 18.0. The highest BCUT2D eigenvalue weighted by Crippen LogP contribution is 2.39. The average Bonchev–Trinajstić information content (AvgIpc) is 3.07. The Bertz CT molecular complexity index is 1410. The van der Waals surface area contributed by atoms with Crippen LogP contribution in [-0.2, 0) is 17.9 Å². The number of benzene rings is 3. The molecule has 184 valence electrons. The number of halogens is 4. The molecule has 1 heterocycles. The number of hydrogen-bond donors (Lipinski definition) is 0. The molecule has 0 saturated carbocycles. The number of amides is 2. The molecule has 36 heavy (non-hydrogen) atoms. The lowest BCUT2D eigenvalue weighted by Gasteiger charge is -2.13. The minimum absolute atomic E-state index is 0.0965. The molecule has 1 fully saturated rings. The van der Waals surface area contributed by atoms with E-state index in [2.05, 4.69) is 0 Å². The third kappa shape index (κ3) is 5.79. The Morgan fingerprint density at radius 1 is 0.944 bits per heavy atom. The first kappa shape index (κ1) is 26.3. The van der Waals surface area contributed by atoms with Crippen LogP contribution in [0.2, 0.25) is 20.1 Å². The topological polar surface area (TPSA) is 89.8 Å². The van der Waals surface area contributed by atoms with Gasteiger partial charge < -0.3 is 4.74 Å². The molecule has 3 aromatic rings. The Morgan fingerprint density at radius 2 is 1.64 bits per heavy atom. The molecule has 0 spiro atoms. The Hall–Kier alpha value is -2.75. The second-order valence-electron chi connectivity index (χ2n) is 7.49. The fourth-order valence-electron chi connectivity index (χ4n) is 3.37. The Kier molecular flexibility index (Phi) is 8.12. The molecule has 0 atom stereocenters. The third-order valence-corrected chi connectivity index (χ3v) is 7.15. The third-order valence-electron chi connectivity index (χ3n) is 5.10. The van der Waals surface area contributed by atoms with Crippen molar-refractivity contribution in [3.05, 3.63) is 106 Å². The second-order valence-corrected chi connectivity index (χ2v) is 10.1. The van der Waals surface area contributed by atoms with Gasteiger partial charge >= 0.3 is 0 Å². The van der Waals surface area contributed by atoms with Gasteiger partial charge in [-0.25, -0.2) is 0 Å². The first-order chi connectivity index (χ1) is 17.1. The molecule has 1 aliphatic heterocycles. The Labute approximate surface area is 229 Å². The van der Waals surface area contributed by atoms with E-state index in [1.165, 1.54) is 24.3 Å². The summed E-state index contributed by atoms with van der Waals surface area (Å²) in [4.78, 5) is 37.2. The molecule has 0 radical (unpaired) electrons. The van der Waals surface area contributed by atoms with Crippen LogP contribution in [0.25, 0.3) is 6.08 Å². The minimum Gasteiger partial charge on any atom is -0.486 e. The maximum atomic E-state index is 12.9. The normalized spacial score (nSPS) is 14.6. The summed E-state index contributed by atoms with van der Waals surface area (Å²) in [6.07, 6.45) is 1.47. The molecular formula is C24H14Cl4N2O5S. The van der Waals surface area contributed by atoms with Gasteiger partial charge in [-0.05, 0) is 47.7 Å². The van der Waals surface area contributed by atoms with Crippen LogP contribution in [0.1, 0.15) is 16.7 Å². The van der Waals surface area contributed by atoms with Crippen molar-refractivity contribution in [1.82, 2.24) is 4.90 Å². The van der Waals surface area contributed by atoms with Crippen LogP contribution in [0.15, 0.2) is 59.5 Å². The number of imide groups is 1. The standard InChI is InChI=1S/C24H14Cl4N2O5S/c25-16-6-5-15(17(26)10-16)12-35-22-18(27)7-13(8-19(22)28)9-21-23(31)29(24(32)36-21)11-14-3-1-2-4-20(14)30(33)34/h1-10H,11-12H2/b21-9-. The number of nitro groups is 1. The summed E-state index contributed by atoms with van der Waals surface area (Å²) in [6.45, 7) is -0.125. The number of hydrogen-bond acceptors (Lipinski definition) is 6. The lowest BCUT2D eigenvalue weighted by molar-refractivity contribution is -0.385. The number of nitro benzene ring substituents is 1. The van der Waals surface area contributed by atoms with Crippen molar-refractivity contribution in [3.8, 4) is 5.75 Å². The molecule has 2 amide bonds. The van der Waals surface area contributed by atoms with Gasteiger partial charge in [0.05, 0.1) is 26.4 Å². The SMILES string of the molecule is O=C1S/C(=C\c2cc(Cl)c(OCc3ccc(Cl)cc3Cl)c(Cl)c2)C(=O)N1Cc1ccccc1[N+](=O)[O-]. The molecule has 0 N–H and O–H groups in total. The highest BCUT2D eigenvalue weighted by atomic mass is 35.5. The first-order valence-electron chi connectivity index (χ1n) is 10.2. The monoisotopic (exact) mass is 582 g/mol. The first-order valence-corrected chi connectivity index (χ1v) is 12.5. The van der Waals surface area contributed by atoms with Crippen molar-refractivity contribution in [1.29, 1.82) is 0 Å². The van der Waals surface area contributed by atoms with Crippen molar-refractivity contribution in [2.24, 2.45) is 0 Å². The van der Waals surface area contributed by atoms with Crippen molar-refractivity contribution in [3.63, 3.8) is 0 Å². The zero-order chi connectivity index (χ0) is 26.0. The quantitative estimate of drug-likeness (QED) is 0.159. The molecule has 3 aromatic carbocycles. The highest BCUT2D eigenvalue weighted by molar-refractivity contribution is 8.18. The molecule has 0 bridgehead atoms. The van der Waals surface area contributed by atoms with Gasteiger partial charge in [-0.3, -0.25) is 24.6 Å². The maximum Gasteiger partial charge on any atom is 0.293 e. The van der Waals surface area contributed by atoms with Crippen LogP contribution < -0.4 is 4.74 Å². The zero-order valence-corrected chi connectivity index (χ0v) is 21.9. The minimum atomic E-state index is -0.576. The highest BCUT2D eigenvalue weighted by Gasteiger charge is 2.36. The van der Waals surface area contributed by atoms with E-state index in [-0.39, 0.29) is 45.1 Å². The predicted octanol–water partition coefficient (Wildman–Crippen LogP) is 8.02. The van der Waals surface area contributed by atoms with Crippen LogP contribution in [-0.4, -0.2) is 21.0 Å². The lowest BCUT2D eigenvalue weighted by atomic mass is 10.1. The smallest absolute Gasteiger partial charge is 0.293 e. The number of carbonyl (C=O) groups excluding carboxylic acids is 2. The number of rotatable bonds is 7. The molecule has 12 heteroatoms. The van der Waals surface area contributed by atoms with Crippen molar-refractivity contribution in [2.45, 2.75) is 13.2 Å². The summed E-state index contributed by atoms with van der Waals surface area (Å²) in [6, 6.07) is 14.0. The summed E-state index contributed by atoms with van der Waals surface area (Å²) < 4.78 is 5.75. The molecular weight excluding hydrogens is 570 g/mol. The van der Waals surface area contributed by atoms with E-state index in [0.717, 1.165) is 16.7 Å².